The molecule has 0 aromatic carbocycles. The van der Waals surface area contributed by atoms with Crippen molar-refractivity contribution in [3.05, 3.63) is 6.20 Å². The lowest BCUT2D eigenvalue weighted by Crippen LogP contribution is -2.02. The minimum absolute atomic E-state index is 0.777. The van der Waals surface area contributed by atoms with Crippen molar-refractivity contribution in [2.24, 2.45) is 0 Å². The van der Waals surface area contributed by atoms with Crippen LogP contribution in [0.25, 0.3) is 11.4 Å². The van der Waals surface area contributed by atoms with Crippen LogP contribution in [0.4, 0.5) is 5.82 Å². The van der Waals surface area contributed by atoms with Gasteiger partial charge in [0.15, 0.2) is 5.82 Å². The third kappa shape index (κ3) is 1.82. The maximum atomic E-state index is 4.24. The number of anilines is 1. The molecule has 2 aromatic rings. The summed E-state index contributed by atoms with van der Waals surface area (Å²) in [6.45, 7) is 2.94. The Morgan fingerprint density at radius 2 is 2.33 bits per heavy atom. The number of hydrogen-bond acceptors (Lipinski definition) is 6. The molecule has 0 fully saturated rings. The first-order valence-corrected chi connectivity index (χ1v) is 5.49. The molecule has 0 aliphatic heterocycles. The van der Waals surface area contributed by atoms with E-state index in [1.807, 2.05) is 11.7 Å². The topological polar surface area (TPSA) is 68.5 Å². The second kappa shape index (κ2) is 4.35. The van der Waals surface area contributed by atoms with Gasteiger partial charge in [0, 0.05) is 13.6 Å². The molecule has 15 heavy (non-hydrogen) atoms. The smallest absolute Gasteiger partial charge is 0.169 e. The van der Waals surface area contributed by atoms with Crippen molar-refractivity contribution in [2.75, 3.05) is 12.4 Å². The first-order chi connectivity index (χ1) is 7.36. The van der Waals surface area contributed by atoms with E-state index in [0.717, 1.165) is 30.2 Å². The first-order valence-electron chi connectivity index (χ1n) is 4.76. The Morgan fingerprint density at radius 1 is 1.47 bits per heavy atom. The SMILES string of the molecule is CCCn1nncc1-c1nsnc1NC. The number of aromatic nitrogens is 5. The van der Waals surface area contributed by atoms with E-state index in [4.69, 9.17) is 0 Å². The van der Waals surface area contributed by atoms with Crippen LogP contribution in [0, 0.1) is 0 Å². The lowest BCUT2D eigenvalue weighted by atomic mass is 10.3. The van der Waals surface area contributed by atoms with Crippen LogP contribution in [-0.2, 0) is 6.54 Å². The fourth-order valence-electron chi connectivity index (χ4n) is 1.34. The molecule has 80 valence electrons. The average molecular weight is 224 g/mol. The van der Waals surface area contributed by atoms with Crippen molar-refractivity contribution in [3.8, 4) is 11.4 Å². The summed E-state index contributed by atoms with van der Waals surface area (Å²) in [7, 11) is 1.83. The molecule has 1 N–H and O–H groups in total. The molecule has 2 heterocycles. The van der Waals surface area contributed by atoms with Crippen LogP contribution < -0.4 is 5.32 Å². The predicted octanol–water partition coefficient (Wildman–Crippen LogP) is 1.25. The summed E-state index contributed by atoms with van der Waals surface area (Å²) in [5, 5.41) is 10.9. The van der Waals surface area contributed by atoms with Crippen LogP contribution >= 0.6 is 11.7 Å². The fraction of sp³-hybridized carbons (Fsp3) is 0.500. The Balaban J connectivity index is 2.40. The maximum absolute atomic E-state index is 4.24. The van der Waals surface area contributed by atoms with Crippen LogP contribution in [0.15, 0.2) is 6.20 Å². The molecular formula is C8H12N6S. The van der Waals surface area contributed by atoms with E-state index in [1.54, 1.807) is 6.20 Å². The van der Waals surface area contributed by atoms with Gasteiger partial charge in [0.2, 0.25) is 0 Å². The Labute approximate surface area is 91.7 Å². The normalized spacial score (nSPS) is 10.5. The molecular weight excluding hydrogens is 212 g/mol. The third-order valence-corrected chi connectivity index (χ3v) is 2.55. The van der Waals surface area contributed by atoms with Crippen LogP contribution in [0.1, 0.15) is 13.3 Å². The predicted molar refractivity (Wildman–Crippen MR) is 58.8 cm³/mol. The minimum Gasteiger partial charge on any atom is -0.370 e. The summed E-state index contributed by atoms with van der Waals surface area (Å²) >= 11 is 1.18. The fourth-order valence-corrected chi connectivity index (χ4v) is 1.90. The van der Waals surface area contributed by atoms with Crippen LogP contribution in [0.2, 0.25) is 0 Å². The molecule has 7 heteroatoms. The highest BCUT2D eigenvalue weighted by molar-refractivity contribution is 6.99. The highest BCUT2D eigenvalue weighted by atomic mass is 32.1. The highest BCUT2D eigenvalue weighted by Gasteiger charge is 2.14. The summed E-state index contributed by atoms with van der Waals surface area (Å²) < 4.78 is 10.2. The molecule has 0 bridgehead atoms. The number of nitrogens with zero attached hydrogens (tertiary/aromatic N) is 5. The van der Waals surface area contributed by atoms with Crippen molar-refractivity contribution in [1.82, 2.24) is 23.7 Å². The van der Waals surface area contributed by atoms with Gasteiger partial charge in [-0.25, -0.2) is 4.68 Å². The van der Waals surface area contributed by atoms with Gasteiger partial charge < -0.3 is 5.32 Å². The quantitative estimate of drug-likeness (QED) is 0.846. The molecule has 0 atom stereocenters. The van der Waals surface area contributed by atoms with E-state index in [9.17, 15) is 0 Å². The van der Waals surface area contributed by atoms with E-state index >= 15 is 0 Å². The average Bonchev–Trinajstić information content (AvgIpc) is 2.84. The van der Waals surface area contributed by atoms with Gasteiger partial charge in [0.05, 0.1) is 17.9 Å². The number of nitrogens with one attached hydrogen (secondary N) is 1. The van der Waals surface area contributed by atoms with Crippen LogP contribution in [0.3, 0.4) is 0 Å². The van der Waals surface area contributed by atoms with Gasteiger partial charge in [0.25, 0.3) is 0 Å². The second-order valence-corrected chi connectivity index (χ2v) is 3.58. The zero-order valence-electron chi connectivity index (χ0n) is 8.64. The lowest BCUT2D eigenvalue weighted by molar-refractivity contribution is 0.583. The monoisotopic (exact) mass is 224 g/mol. The van der Waals surface area contributed by atoms with E-state index in [0.29, 0.717) is 0 Å². The number of aryl methyl sites for hydroxylation is 1. The first kappa shape index (κ1) is 10.0. The molecule has 6 nitrogen and oxygen atoms in total. The molecule has 2 rings (SSSR count). The van der Waals surface area contributed by atoms with Crippen molar-refractivity contribution >= 4 is 17.5 Å². The van der Waals surface area contributed by atoms with Crippen LogP contribution in [-0.4, -0.2) is 30.8 Å². The second-order valence-electron chi connectivity index (χ2n) is 3.05. The van der Waals surface area contributed by atoms with Gasteiger partial charge in [-0.15, -0.1) is 5.10 Å². The van der Waals surface area contributed by atoms with E-state index in [2.05, 4.69) is 31.3 Å². The molecule has 0 saturated heterocycles. The maximum Gasteiger partial charge on any atom is 0.169 e. The van der Waals surface area contributed by atoms with E-state index in [1.165, 1.54) is 11.7 Å². The van der Waals surface area contributed by atoms with Crippen molar-refractivity contribution in [2.45, 2.75) is 19.9 Å². The Hall–Kier alpha value is -1.50. The van der Waals surface area contributed by atoms with Crippen molar-refractivity contribution in [3.63, 3.8) is 0 Å². The summed E-state index contributed by atoms with van der Waals surface area (Å²) in [5.74, 6) is 0.777. The van der Waals surface area contributed by atoms with Crippen LogP contribution in [0.5, 0.6) is 0 Å². The highest BCUT2D eigenvalue weighted by Crippen LogP contribution is 2.24. The van der Waals surface area contributed by atoms with Gasteiger partial charge in [-0.3, -0.25) is 0 Å². The van der Waals surface area contributed by atoms with Gasteiger partial charge in [-0.2, -0.15) is 8.75 Å². The van der Waals surface area contributed by atoms with Gasteiger partial charge in [-0.1, -0.05) is 12.1 Å². The standard InChI is InChI=1S/C8H12N6S/c1-3-4-14-6(5-10-13-14)7-8(9-2)12-15-11-7/h5H,3-4H2,1-2H3,(H,9,12). The van der Waals surface area contributed by atoms with E-state index in [-0.39, 0.29) is 0 Å². The molecule has 0 aliphatic rings. The molecule has 0 saturated carbocycles. The summed E-state index contributed by atoms with van der Waals surface area (Å²) in [6, 6.07) is 0. The van der Waals surface area contributed by atoms with Crippen molar-refractivity contribution in [1.29, 1.82) is 0 Å². The van der Waals surface area contributed by atoms with E-state index < -0.39 is 0 Å². The summed E-state index contributed by atoms with van der Waals surface area (Å²) in [4.78, 5) is 0. The summed E-state index contributed by atoms with van der Waals surface area (Å²) in [5.41, 5.74) is 1.73. The largest absolute Gasteiger partial charge is 0.370 e. The Bertz CT molecular complexity index is 434. The molecule has 0 amide bonds. The molecule has 0 aliphatic carbocycles. The number of rotatable bonds is 4. The Morgan fingerprint density at radius 3 is 3.07 bits per heavy atom. The lowest BCUT2D eigenvalue weighted by Gasteiger charge is -2.02. The third-order valence-electron chi connectivity index (χ3n) is 2.02. The summed E-state index contributed by atoms with van der Waals surface area (Å²) in [6.07, 6.45) is 2.73. The molecule has 0 radical (unpaired) electrons. The molecule has 0 spiro atoms. The molecule has 2 aromatic heterocycles. The molecule has 0 unspecified atom stereocenters. The van der Waals surface area contributed by atoms with Crippen molar-refractivity contribution < 1.29 is 0 Å². The van der Waals surface area contributed by atoms with Gasteiger partial charge in [0.1, 0.15) is 11.4 Å². The zero-order valence-corrected chi connectivity index (χ0v) is 9.45. The minimum atomic E-state index is 0.777. The van der Waals surface area contributed by atoms with Gasteiger partial charge >= 0.3 is 0 Å². The Kier molecular flexibility index (Phi) is 2.91. The van der Waals surface area contributed by atoms with Gasteiger partial charge in [-0.05, 0) is 6.42 Å². The number of hydrogen-bond donors (Lipinski definition) is 1. The zero-order chi connectivity index (χ0) is 10.7.